The van der Waals surface area contributed by atoms with Crippen molar-refractivity contribution in [1.29, 1.82) is 0 Å². The lowest BCUT2D eigenvalue weighted by molar-refractivity contribution is -0.133. The number of urea groups is 1. The van der Waals surface area contributed by atoms with Gasteiger partial charge in [-0.15, -0.1) is 0 Å². The minimum atomic E-state index is -0.405. The highest BCUT2D eigenvalue weighted by molar-refractivity contribution is 6.30. The van der Waals surface area contributed by atoms with Gasteiger partial charge in [0.15, 0.2) is 0 Å². The molecule has 3 aromatic rings. The Bertz CT molecular complexity index is 1120. The van der Waals surface area contributed by atoms with Gasteiger partial charge in [-0.1, -0.05) is 23.7 Å². The van der Waals surface area contributed by atoms with Crippen molar-refractivity contribution in [1.82, 2.24) is 9.80 Å². The molecule has 0 unspecified atom stereocenters. The van der Waals surface area contributed by atoms with Gasteiger partial charge in [0.1, 0.15) is 23.9 Å². The highest BCUT2D eigenvalue weighted by Crippen LogP contribution is 2.16. The lowest BCUT2D eigenvalue weighted by Crippen LogP contribution is -2.44. The summed E-state index contributed by atoms with van der Waals surface area (Å²) < 4.78 is 24.5. The van der Waals surface area contributed by atoms with Crippen LogP contribution >= 0.6 is 11.6 Å². The number of benzene rings is 2. The van der Waals surface area contributed by atoms with Crippen molar-refractivity contribution in [3.63, 3.8) is 0 Å². The molecule has 0 radical (unpaired) electrons. The zero-order valence-corrected chi connectivity index (χ0v) is 21.3. The van der Waals surface area contributed by atoms with Crippen LogP contribution in [0.2, 0.25) is 5.02 Å². The van der Waals surface area contributed by atoms with Crippen LogP contribution in [-0.4, -0.2) is 48.0 Å². The Hall–Kier alpha value is -3.36. The van der Waals surface area contributed by atoms with E-state index in [1.807, 2.05) is 26.0 Å². The van der Waals surface area contributed by atoms with Gasteiger partial charge in [-0.2, -0.15) is 0 Å². The monoisotopic (exact) mass is 515 g/mol. The summed E-state index contributed by atoms with van der Waals surface area (Å²) in [4.78, 5) is 29.6. The van der Waals surface area contributed by atoms with Gasteiger partial charge in [-0.05, 0) is 74.4 Å². The van der Waals surface area contributed by atoms with Gasteiger partial charge >= 0.3 is 6.03 Å². The highest BCUT2D eigenvalue weighted by atomic mass is 35.5. The fourth-order valence-electron chi connectivity index (χ4n) is 3.55. The van der Waals surface area contributed by atoms with Crippen LogP contribution in [0.5, 0.6) is 0 Å². The summed E-state index contributed by atoms with van der Waals surface area (Å²) in [5.41, 5.74) is 1.34. The Balaban J connectivity index is 1.75. The molecule has 0 atom stereocenters. The van der Waals surface area contributed by atoms with E-state index in [-0.39, 0.29) is 31.4 Å². The molecule has 2 aromatic carbocycles. The van der Waals surface area contributed by atoms with Crippen molar-refractivity contribution in [3.05, 3.63) is 88.6 Å². The average molecular weight is 516 g/mol. The fourth-order valence-corrected chi connectivity index (χ4v) is 3.68. The third-order valence-corrected chi connectivity index (χ3v) is 5.66. The minimum absolute atomic E-state index is 0.146. The third-order valence-electron chi connectivity index (χ3n) is 5.41. The van der Waals surface area contributed by atoms with Crippen LogP contribution in [0.4, 0.5) is 14.9 Å². The van der Waals surface area contributed by atoms with Crippen molar-refractivity contribution < 1.29 is 23.1 Å². The molecule has 36 heavy (non-hydrogen) atoms. The smallest absolute Gasteiger partial charge is 0.322 e. The summed E-state index contributed by atoms with van der Waals surface area (Å²) in [5, 5.41) is 3.38. The topological polar surface area (TPSA) is 75.0 Å². The van der Waals surface area contributed by atoms with Crippen LogP contribution in [0.1, 0.15) is 30.4 Å². The van der Waals surface area contributed by atoms with Crippen molar-refractivity contribution in [3.8, 4) is 0 Å². The quantitative estimate of drug-likeness (QED) is 0.306. The number of furan rings is 1. The molecule has 1 heterocycles. The highest BCUT2D eigenvalue weighted by Gasteiger charge is 2.23. The van der Waals surface area contributed by atoms with E-state index in [0.29, 0.717) is 42.6 Å². The maximum absolute atomic E-state index is 13.5. The predicted octanol–water partition coefficient (Wildman–Crippen LogP) is 5.87. The number of carbonyl (C=O) groups excluding carboxylic acids is 2. The van der Waals surface area contributed by atoms with Gasteiger partial charge in [0.2, 0.25) is 5.91 Å². The van der Waals surface area contributed by atoms with Crippen LogP contribution in [-0.2, 0) is 22.6 Å². The molecular weight excluding hydrogens is 485 g/mol. The largest absolute Gasteiger partial charge is 0.464 e. The molecule has 0 bridgehead atoms. The lowest BCUT2D eigenvalue weighted by Gasteiger charge is -2.27. The molecule has 3 amide bonds. The molecular formula is C27H31ClFN3O4. The summed E-state index contributed by atoms with van der Waals surface area (Å²) in [7, 11) is 0. The Labute approximate surface area is 215 Å². The van der Waals surface area contributed by atoms with Crippen LogP contribution in [0, 0.1) is 12.7 Å². The first kappa shape index (κ1) is 27.2. The first-order valence-electron chi connectivity index (χ1n) is 11.8. The number of ether oxygens (including phenoxy) is 1. The van der Waals surface area contributed by atoms with Crippen molar-refractivity contribution in [2.45, 2.75) is 33.4 Å². The summed E-state index contributed by atoms with van der Waals surface area (Å²) in [6.45, 7) is 5.42. The molecule has 0 aliphatic carbocycles. The van der Waals surface area contributed by atoms with Crippen molar-refractivity contribution in [2.24, 2.45) is 0 Å². The van der Waals surface area contributed by atoms with Crippen LogP contribution < -0.4 is 5.32 Å². The molecule has 9 heteroatoms. The molecule has 0 aliphatic rings. The van der Waals surface area contributed by atoms with Crippen LogP contribution in [0.3, 0.4) is 0 Å². The van der Waals surface area contributed by atoms with Crippen molar-refractivity contribution in [2.75, 3.05) is 31.6 Å². The summed E-state index contributed by atoms with van der Waals surface area (Å²) in [6, 6.07) is 16.0. The maximum atomic E-state index is 13.5. The second-order valence-corrected chi connectivity index (χ2v) is 8.73. The van der Waals surface area contributed by atoms with E-state index >= 15 is 0 Å². The molecule has 7 nitrogen and oxygen atoms in total. The molecule has 0 aliphatic heterocycles. The second-order valence-electron chi connectivity index (χ2n) is 8.30. The molecule has 3 rings (SSSR count). The Morgan fingerprint density at radius 1 is 1.00 bits per heavy atom. The van der Waals surface area contributed by atoms with E-state index < -0.39 is 6.03 Å². The molecule has 0 spiro atoms. The number of rotatable bonds is 12. The number of nitrogens with zero attached hydrogens (tertiary/aromatic N) is 2. The van der Waals surface area contributed by atoms with E-state index in [0.717, 1.165) is 11.3 Å². The Kier molecular flexibility index (Phi) is 10.3. The third kappa shape index (κ3) is 8.70. The van der Waals surface area contributed by atoms with E-state index in [4.69, 9.17) is 20.8 Å². The first-order valence-corrected chi connectivity index (χ1v) is 12.2. The van der Waals surface area contributed by atoms with Gasteiger partial charge in [-0.3, -0.25) is 4.79 Å². The van der Waals surface area contributed by atoms with E-state index in [9.17, 15) is 14.0 Å². The molecule has 0 fully saturated rings. The zero-order valence-electron chi connectivity index (χ0n) is 20.5. The first-order chi connectivity index (χ1) is 17.3. The lowest BCUT2D eigenvalue weighted by atomic mass is 10.2. The van der Waals surface area contributed by atoms with Gasteiger partial charge in [0.25, 0.3) is 0 Å². The van der Waals surface area contributed by atoms with Crippen LogP contribution in [0.25, 0.3) is 0 Å². The van der Waals surface area contributed by atoms with Gasteiger partial charge in [0, 0.05) is 37.0 Å². The zero-order chi connectivity index (χ0) is 25.9. The van der Waals surface area contributed by atoms with Crippen molar-refractivity contribution >= 4 is 29.2 Å². The molecule has 0 saturated heterocycles. The summed E-state index contributed by atoms with van der Waals surface area (Å²) in [6.07, 6.45) is 0.574. The number of carbonyl (C=O) groups is 2. The normalized spacial score (nSPS) is 10.8. The number of amides is 3. The Morgan fingerprint density at radius 3 is 2.36 bits per heavy atom. The number of anilines is 1. The average Bonchev–Trinajstić information content (AvgIpc) is 3.27. The predicted molar refractivity (Wildman–Crippen MR) is 137 cm³/mol. The van der Waals surface area contributed by atoms with Crippen LogP contribution in [0.15, 0.2) is 65.1 Å². The molecule has 1 aromatic heterocycles. The van der Waals surface area contributed by atoms with Gasteiger partial charge < -0.3 is 24.3 Å². The second kappa shape index (κ2) is 13.7. The molecule has 1 N–H and O–H groups in total. The van der Waals surface area contributed by atoms with E-state index in [1.165, 1.54) is 17.0 Å². The van der Waals surface area contributed by atoms with E-state index in [1.54, 1.807) is 41.3 Å². The fraction of sp³-hybridized carbons (Fsp3) is 0.333. The number of halogens is 2. The number of nitrogens with one attached hydrogen (secondary N) is 1. The van der Waals surface area contributed by atoms with E-state index in [2.05, 4.69) is 5.32 Å². The summed E-state index contributed by atoms with van der Waals surface area (Å²) in [5.74, 6) is 0.740. The number of hydrogen-bond acceptors (Lipinski definition) is 4. The molecule has 192 valence electrons. The van der Waals surface area contributed by atoms with Gasteiger partial charge in [0.05, 0.1) is 6.54 Å². The SMILES string of the molecule is CCOCCCN(CC(=O)N(Cc1ccc(F)cc1)Cc1ccc(C)o1)C(=O)Nc1ccc(Cl)cc1. The number of hydrogen-bond donors (Lipinski definition) is 1. The molecule has 0 saturated carbocycles. The minimum Gasteiger partial charge on any atom is -0.464 e. The summed E-state index contributed by atoms with van der Waals surface area (Å²) >= 11 is 5.94. The maximum Gasteiger partial charge on any atom is 0.322 e. The number of aryl methyl sites for hydroxylation is 1. The van der Waals surface area contributed by atoms with Gasteiger partial charge in [-0.25, -0.2) is 9.18 Å². The standard InChI is InChI=1S/C27H31ClFN3O4/c1-3-35-16-4-15-31(27(34)30-24-12-8-22(28)9-13-24)19-26(33)32(18-25-14-5-20(2)36-25)17-21-6-10-23(29)11-7-21/h5-14H,3-4,15-19H2,1-2H3,(H,30,34). The Morgan fingerprint density at radius 2 is 1.72 bits per heavy atom.